The Morgan fingerprint density at radius 2 is 1.96 bits per heavy atom. The average Bonchev–Trinajstić information content (AvgIpc) is 3.08. The molecule has 0 spiro atoms. The average molecular weight is 423 g/mol. The lowest BCUT2D eigenvalue weighted by molar-refractivity contribution is -0.115. The Hall–Kier alpha value is -2.36. The minimum Gasteiger partial charge on any atom is -0.492 e. The van der Waals surface area contributed by atoms with E-state index in [2.05, 4.69) is 20.4 Å². The molecule has 0 saturated carbocycles. The molecule has 0 bridgehead atoms. The van der Waals surface area contributed by atoms with Crippen molar-refractivity contribution < 1.29 is 9.53 Å². The molecule has 2 heterocycles. The summed E-state index contributed by atoms with van der Waals surface area (Å²) in [6, 6.07) is 7.20. The Morgan fingerprint density at radius 1 is 1.25 bits per heavy atom. The summed E-state index contributed by atoms with van der Waals surface area (Å²) in [4.78, 5) is 21.3. The summed E-state index contributed by atoms with van der Waals surface area (Å²) in [6.45, 7) is 4.72. The summed E-state index contributed by atoms with van der Waals surface area (Å²) in [5.41, 5.74) is 8.61. The van der Waals surface area contributed by atoms with Crippen LogP contribution >= 0.6 is 24.2 Å². The molecule has 0 radical (unpaired) electrons. The van der Waals surface area contributed by atoms with E-state index in [0.29, 0.717) is 29.8 Å². The second kappa shape index (κ2) is 9.72. The topological polar surface area (TPSA) is 107 Å². The maximum atomic E-state index is 12.5. The van der Waals surface area contributed by atoms with E-state index in [1.165, 1.54) is 11.8 Å². The lowest BCUT2D eigenvalue weighted by Crippen LogP contribution is -2.17. The van der Waals surface area contributed by atoms with E-state index in [-0.39, 0.29) is 24.7 Å². The molecule has 3 N–H and O–H groups in total. The van der Waals surface area contributed by atoms with Crippen molar-refractivity contribution in [2.45, 2.75) is 25.4 Å². The first-order chi connectivity index (χ1) is 13.0. The second-order valence-corrected chi connectivity index (χ2v) is 6.73. The number of rotatable bonds is 7. The van der Waals surface area contributed by atoms with Crippen molar-refractivity contribution in [2.24, 2.45) is 5.73 Å². The van der Waals surface area contributed by atoms with Crippen LogP contribution < -0.4 is 15.8 Å². The number of thioether (sulfide) groups is 1. The molecule has 0 fully saturated rings. The summed E-state index contributed by atoms with van der Waals surface area (Å²) in [5.74, 6) is 1.14. The molecule has 3 rings (SSSR count). The number of nitrogens with one attached hydrogen (secondary N) is 1. The Balaban J connectivity index is 0.00000280. The summed E-state index contributed by atoms with van der Waals surface area (Å²) in [7, 11) is 0. The molecule has 1 amide bonds. The Morgan fingerprint density at radius 3 is 2.61 bits per heavy atom. The van der Waals surface area contributed by atoms with Gasteiger partial charge < -0.3 is 15.8 Å². The van der Waals surface area contributed by atoms with Crippen molar-refractivity contribution in [1.82, 2.24) is 19.6 Å². The number of amides is 1. The van der Waals surface area contributed by atoms with Crippen LogP contribution in [0.3, 0.4) is 0 Å². The van der Waals surface area contributed by atoms with Crippen molar-refractivity contribution in [3.8, 4) is 5.75 Å². The Labute approximate surface area is 173 Å². The fourth-order valence-corrected chi connectivity index (χ4v) is 3.05. The largest absolute Gasteiger partial charge is 0.492 e. The van der Waals surface area contributed by atoms with Gasteiger partial charge in [-0.3, -0.25) is 4.79 Å². The number of nitrogens with two attached hydrogens (primary N) is 1. The molecule has 150 valence electrons. The predicted molar refractivity (Wildman–Crippen MR) is 113 cm³/mol. The summed E-state index contributed by atoms with van der Waals surface area (Å²) in [5, 5.41) is 7.96. The highest BCUT2D eigenvalue weighted by Crippen LogP contribution is 2.19. The molecule has 8 nitrogen and oxygen atoms in total. The van der Waals surface area contributed by atoms with Crippen LogP contribution in [-0.2, 0) is 11.2 Å². The number of nitrogens with zero attached hydrogens (tertiary/aromatic N) is 4. The summed E-state index contributed by atoms with van der Waals surface area (Å²) in [6.07, 6.45) is 2.12. The molecule has 2 aromatic heterocycles. The third kappa shape index (κ3) is 4.92. The molecular formula is C18H23ClN6O2S. The minimum atomic E-state index is -0.122. The monoisotopic (exact) mass is 422 g/mol. The van der Waals surface area contributed by atoms with Crippen molar-refractivity contribution in [3.05, 3.63) is 41.2 Å². The van der Waals surface area contributed by atoms with Crippen molar-refractivity contribution in [3.63, 3.8) is 0 Å². The molecule has 0 unspecified atom stereocenters. The number of carbonyl (C=O) groups excluding carboxylic acids is 1. The number of benzene rings is 1. The first kappa shape index (κ1) is 21.9. The SMILES string of the molecule is CSc1nc2nc(C)c(CC(=O)Nc3ccc(OCCN)cc3)c(C)n2n1.Cl. The number of anilines is 1. The molecule has 0 atom stereocenters. The van der Waals surface area contributed by atoms with E-state index >= 15 is 0 Å². The van der Waals surface area contributed by atoms with E-state index in [9.17, 15) is 4.79 Å². The van der Waals surface area contributed by atoms with Gasteiger partial charge in [0, 0.05) is 29.2 Å². The number of ether oxygens (including phenoxy) is 1. The van der Waals surface area contributed by atoms with Gasteiger partial charge in [0.2, 0.25) is 11.1 Å². The third-order valence-corrected chi connectivity index (χ3v) is 4.61. The normalized spacial score (nSPS) is 10.6. The van der Waals surface area contributed by atoms with Gasteiger partial charge in [0.1, 0.15) is 12.4 Å². The van der Waals surface area contributed by atoms with Gasteiger partial charge in [0.15, 0.2) is 0 Å². The smallest absolute Gasteiger partial charge is 0.253 e. The van der Waals surface area contributed by atoms with Crippen LogP contribution in [0.1, 0.15) is 17.0 Å². The van der Waals surface area contributed by atoms with Gasteiger partial charge >= 0.3 is 0 Å². The highest BCUT2D eigenvalue weighted by Gasteiger charge is 2.16. The molecule has 3 aromatic rings. The van der Waals surface area contributed by atoms with Crippen molar-refractivity contribution in [2.75, 3.05) is 24.7 Å². The predicted octanol–water partition coefficient (Wildman–Crippen LogP) is 2.40. The lowest BCUT2D eigenvalue weighted by Gasteiger charge is -2.11. The minimum absolute atomic E-state index is 0. The van der Waals surface area contributed by atoms with E-state index in [0.717, 1.165) is 22.7 Å². The van der Waals surface area contributed by atoms with Crippen LogP contribution in [0.4, 0.5) is 5.69 Å². The maximum Gasteiger partial charge on any atom is 0.253 e. The van der Waals surface area contributed by atoms with Crippen LogP contribution in [0.2, 0.25) is 0 Å². The maximum absolute atomic E-state index is 12.5. The van der Waals surface area contributed by atoms with Crippen LogP contribution in [-0.4, -0.2) is 44.9 Å². The van der Waals surface area contributed by atoms with Gasteiger partial charge in [0.05, 0.1) is 6.42 Å². The highest BCUT2D eigenvalue weighted by atomic mass is 35.5. The fraction of sp³-hybridized carbons (Fsp3) is 0.333. The number of carbonyl (C=O) groups is 1. The van der Waals surface area contributed by atoms with Gasteiger partial charge in [-0.05, 0) is 44.4 Å². The number of aromatic nitrogens is 4. The Kier molecular flexibility index (Phi) is 7.61. The number of hydrogen-bond acceptors (Lipinski definition) is 7. The van der Waals surface area contributed by atoms with E-state index in [1.54, 1.807) is 28.8 Å². The quantitative estimate of drug-likeness (QED) is 0.563. The Bertz CT molecular complexity index is 961. The zero-order chi connectivity index (χ0) is 19.4. The van der Waals surface area contributed by atoms with Crippen LogP contribution in [0, 0.1) is 13.8 Å². The molecule has 0 aliphatic carbocycles. The molecule has 0 saturated heterocycles. The molecule has 1 aromatic carbocycles. The van der Waals surface area contributed by atoms with Crippen LogP contribution in [0.15, 0.2) is 29.4 Å². The van der Waals surface area contributed by atoms with Gasteiger partial charge in [-0.1, -0.05) is 11.8 Å². The number of halogens is 1. The van der Waals surface area contributed by atoms with E-state index < -0.39 is 0 Å². The van der Waals surface area contributed by atoms with Gasteiger partial charge in [0.25, 0.3) is 5.78 Å². The van der Waals surface area contributed by atoms with Gasteiger partial charge in [-0.2, -0.15) is 4.98 Å². The zero-order valence-electron chi connectivity index (χ0n) is 15.9. The highest BCUT2D eigenvalue weighted by molar-refractivity contribution is 7.98. The van der Waals surface area contributed by atoms with Crippen LogP contribution in [0.25, 0.3) is 5.78 Å². The fourth-order valence-electron chi connectivity index (χ4n) is 2.71. The number of hydrogen-bond donors (Lipinski definition) is 2. The number of aryl methyl sites for hydroxylation is 2. The van der Waals surface area contributed by atoms with Crippen molar-refractivity contribution >= 4 is 41.5 Å². The van der Waals surface area contributed by atoms with Crippen LogP contribution in [0.5, 0.6) is 5.75 Å². The zero-order valence-corrected chi connectivity index (χ0v) is 17.6. The first-order valence-electron chi connectivity index (χ1n) is 8.51. The summed E-state index contributed by atoms with van der Waals surface area (Å²) < 4.78 is 7.12. The van der Waals surface area contributed by atoms with Gasteiger partial charge in [-0.15, -0.1) is 17.5 Å². The third-order valence-electron chi connectivity index (χ3n) is 4.07. The van der Waals surface area contributed by atoms with Gasteiger partial charge in [-0.25, -0.2) is 9.50 Å². The molecule has 10 heteroatoms. The second-order valence-electron chi connectivity index (χ2n) is 5.96. The van der Waals surface area contributed by atoms with Crippen molar-refractivity contribution in [1.29, 1.82) is 0 Å². The molecule has 28 heavy (non-hydrogen) atoms. The van der Waals surface area contributed by atoms with E-state index in [1.807, 2.05) is 20.1 Å². The first-order valence-corrected chi connectivity index (χ1v) is 9.74. The summed E-state index contributed by atoms with van der Waals surface area (Å²) >= 11 is 1.46. The lowest BCUT2D eigenvalue weighted by atomic mass is 10.1. The molecular weight excluding hydrogens is 400 g/mol. The van der Waals surface area contributed by atoms with E-state index in [4.69, 9.17) is 10.5 Å². The molecule has 0 aliphatic heterocycles. The number of fused-ring (bicyclic) bond motifs is 1. The molecule has 0 aliphatic rings. The standard InChI is InChI=1S/C18H22N6O2S.ClH/c1-11-15(12(2)24-17(20-11)22-18(23-24)27-3)10-16(25)21-13-4-6-14(7-5-13)26-9-8-19;/h4-7H,8-10,19H2,1-3H3,(H,21,25);1H.